The maximum Gasteiger partial charge on any atom is 0.326 e. The van der Waals surface area contributed by atoms with Gasteiger partial charge in [-0.25, -0.2) is 13.6 Å². The molecule has 0 bridgehead atoms. The smallest absolute Gasteiger partial charge is 0.326 e. The zero-order chi connectivity index (χ0) is 16.9. The first kappa shape index (κ1) is 17.5. The first-order valence-corrected chi connectivity index (χ1v) is 6.47. The monoisotopic (exact) mass is 314 g/mol. The van der Waals surface area contributed by atoms with Crippen LogP contribution in [-0.2, 0) is 9.59 Å². The summed E-state index contributed by atoms with van der Waals surface area (Å²) in [6, 6.07) is 1.18. The number of aliphatic carboxylic acids is 1. The molecule has 0 radical (unpaired) electrons. The Morgan fingerprint density at radius 3 is 2.45 bits per heavy atom. The quantitative estimate of drug-likeness (QED) is 0.820. The topological polar surface area (TPSA) is 86.7 Å². The summed E-state index contributed by atoms with van der Waals surface area (Å²) in [4.78, 5) is 35.1. The number of benzene rings is 1. The highest BCUT2D eigenvalue weighted by Gasteiger charge is 2.28. The molecule has 0 aliphatic rings. The second-order valence-corrected chi connectivity index (χ2v) is 4.62. The van der Waals surface area contributed by atoms with Gasteiger partial charge in [-0.2, -0.15) is 0 Å². The average Bonchev–Trinajstić information content (AvgIpc) is 2.42. The van der Waals surface area contributed by atoms with Crippen LogP contribution in [0.1, 0.15) is 24.2 Å². The first-order chi connectivity index (χ1) is 10.2. The molecule has 0 saturated carbocycles. The summed E-state index contributed by atoms with van der Waals surface area (Å²) in [5, 5.41) is 11.5. The van der Waals surface area contributed by atoms with Gasteiger partial charge in [0, 0.05) is 26.1 Å². The van der Waals surface area contributed by atoms with Crippen molar-refractivity contribution in [3.8, 4) is 0 Å². The van der Waals surface area contributed by atoms with Crippen LogP contribution in [0.2, 0.25) is 0 Å². The lowest BCUT2D eigenvalue weighted by atomic mass is 10.1. The first-order valence-electron chi connectivity index (χ1n) is 6.47. The lowest BCUT2D eigenvalue weighted by Crippen LogP contribution is -2.47. The van der Waals surface area contributed by atoms with Crippen LogP contribution in [-0.4, -0.2) is 46.9 Å². The van der Waals surface area contributed by atoms with E-state index in [2.05, 4.69) is 5.32 Å². The van der Waals surface area contributed by atoms with Crippen molar-refractivity contribution in [2.24, 2.45) is 0 Å². The summed E-state index contributed by atoms with van der Waals surface area (Å²) in [6.45, 7) is 2.42. The zero-order valence-corrected chi connectivity index (χ0v) is 12.1. The molecule has 0 heterocycles. The number of amides is 2. The normalized spacial score (nSPS) is 11.6. The molecule has 0 fully saturated rings. The summed E-state index contributed by atoms with van der Waals surface area (Å²) in [7, 11) is 0. The van der Waals surface area contributed by atoms with Gasteiger partial charge in [-0.3, -0.25) is 9.59 Å². The molecule has 6 nitrogen and oxygen atoms in total. The van der Waals surface area contributed by atoms with E-state index in [0.29, 0.717) is 6.07 Å². The van der Waals surface area contributed by atoms with Crippen molar-refractivity contribution in [3.63, 3.8) is 0 Å². The molecular weight excluding hydrogens is 298 g/mol. The standard InChI is InChI=1S/C14H16F2N2O4/c1-8(14(21)22)18(6-5-17-9(2)19)13(20)11-4-3-10(15)7-12(11)16/h3-4,7-8H,5-6H2,1-2H3,(H,17,19)(H,21,22). The van der Waals surface area contributed by atoms with Crippen molar-refractivity contribution in [2.75, 3.05) is 13.1 Å². The van der Waals surface area contributed by atoms with Crippen LogP contribution in [0.15, 0.2) is 18.2 Å². The van der Waals surface area contributed by atoms with Gasteiger partial charge in [0.2, 0.25) is 5.91 Å². The van der Waals surface area contributed by atoms with Gasteiger partial charge in [-0.1, -0.05) is 0 Å². The van der Waals surface area contributed by atoms with Gasteiger partial charge in [-0.05, 0) is 19.1 Å². The fourth-order valence-electron chi connectivity index (χ4n) is 1.77. The molecule has 0 spiro atoms. The van der Waals surface area contributed by atoms with E-state index >= 15 is 0 Å². The van der Waals surface area contributed by atoms with Gasteiger partial charge in [-0.15, -0.1) is 0 Å². The number of hydrogen-bond donors (Lipinski definition) is 2. The van der Waals surface area contributed by atoms with Crippen LogP contribution in [0, 0.1) is 11.6 Å². The minimum Gasteiger partial charge on any atom is -0.480 e. The molecule has 22 heavy (non-hydrogen) atoms. The summed E-state index contributed by atoms with van der Waals surface area (Å²) < 4.78 is 26.6. The number of carbonyl (C=O) groups is 3. The van der Waals surface area contributed by atoms with Gasteiger partial charge in [0.1, 0.15) is 17.7 Å². The van der Waals surface area contributed by atoms with Crippen molar-refractivity contribution < 1.29 is 28.3 Å². The van der Waals surface area contributed by atoms with Crippen LogP contribution in [0.25, 0.3) is 0 Å². The van der Waals surface area contributed by atoms with Crippen molar-refractivity contribution in [2.45, 2.75) is 19.9 Å². The highest BCUT2D eigenvalue weighted by Crippen LogP contribution is 2.14. The minimum atomic E-state index is -1.28. The molecule has 1 rings (SSSR count). The molecule has 0 saturated heterocycles. The summed E-state index contributed by atoms with van der Waals surface area (Å²) in [6.07, 6.45) is 0. The van der Waals surface area contributed by atoms with E-state index < -0.39 is 35.1 Å². The Labute approximate surface area is 125 Å². The number of nitrogens with one attached hydrogen (secondary N) is 1. The molecule has 120 valence electrons. The number of carboxylic acids is 1. The number of halogens is 2. The maximum absolute atomic E-state index is 13.7. The predicted octanol–water partition coefficient (Wildman–Crippen LogP) is 1.02. The van der Waals surface area contributed by atoms with Gasteiger partial charge >= 0.3 is 5.97 Å². The Hall–Kier alpha value is -2.51. The fourth-order valence-corrected chi connectivity index (χ4v) is 1.77. The van der Waals surface area contributed by atoms with Crippen LogP contribution >= 0.6 is 0 Å². The summed E-state index contributed by atoms with van der Waals surface area (Å²) in [5.41, 5.74) is -0.433. The Balaban J connectivity index is 3.00. The van der Waals surface area contributed by atoms with Gasteiger partial charge in [0.05, 0.1) is 5.56 Å². The van der Waals surface area contributed by atoms with Gasteiger partial charge < -0.3 is 15.3 Å². The number of hydrogen-bond acceptors (Lipinski definition) is 3. The maximum atomic E-state index is 13.7. The van der Waals surface area contributed by atoms with Gasteiger partial charge in [0.15, 0.2) is 0 Å². The Morgan fingerprint density at radius 1 is 1.32 bits per heavy atom. The van der Waals surface area contributed by atoms with E-state index in [1.165, 1.54) is 13.8 Å². The molecule has 8 heteroatoms. The highest BCUT2D eigenvalue weighted by atomic mass is 19.1. The molecule has 1 atom stereocenters. The number of nitrogens with zero attached hydrogens (tertiary/aromatic N) is 1. The third-order valence-corrected chi connectivity index (χ3v) is 2.97. The average molecular weight is 314 g/mol. The number of carboxylic acid groups (broad SMARTS) is 1. The second-order valence-electron chi connectivity index (χ2n) is 4.62. The van der Waals surface area contributed by atoms with E-state index in [1.54, 1.807) is 0 Å². The molecule has 0 aromatic heterocycles. The molecule has 1 unspecified atom stereocenters. The van der Waals surface area contributed by atoms with Crippen LogP contribution in [0.4, 0.5) is 8.78 Å². The molecule has 1 aromatic carbocycles. The van der Waals surface area contributed by atoms with E-state index in [1.807, 2.05) is 0 Å². The van der Waals surface area contributed by atoms with Crippen molar-refractivity contribution in [1.82, 2.24) is 10.2 Å². The van der Waals surface area contributed by atoms with E-state index in [4.69, 9.17) is 5.11 Å². The third-order valence-electron chi connectivity index (χ3n) is 2.97. The van der Waals surface area contributed by atoms with Crippen molar-refractivity contribution in [3.05, 3.63) is 35.4 Å². The lowest BCUT2D eigenvalue weighted by Gasteiger charge is -2.26. The summed E-state index contributed by atoms with van der Waals surface area (Å²) in [5.74, 6) is -4.43. The number of carbonyl (C=O) groups excluding carboxylic acids is 2. The summed E-state index contributed by atoms with van der Waals surface area (Å²) >= 11 is 0. The largest absolute Gasteiger partial charge is 0.480 e. The van der Waals surface area contributed by atoms with Crippen molar-refractivity contribution >= 4 is 17.8 Å². The molecule has 2 amide bonds. The van der Waals surface area contributed by atoms with E-state index in [-0.39, 0.29) is 19.0 Å². The van der Waals surface area contributed by atoms with Crippen LogP contribution < -0.4 is 5.32 Å². The number of rotatable bonds is 6. The zero-order valence-electron chi connectivity index (χ0n) is 12.1. The third kappa shape index (κ3) is 4.51. The lowest BCUT2D eigenvalue weighted by molar-refractivity contribution is -0.141. The molecular formula is C14H16F2N2O4. The molecule has 0 aliphatic carbocycles. The van der Waals surface area contributed by atoms with Crippen LogP contribution in [0.3, 0.4) is 0 Å². The van der Waals surface area contributed by atoms with Crippen LogP contribution in [0.5, 0.6) is 0 Å². The predicted molar refractivity (Wildman–Crippen MR) is 73.2 cm³/mol. The fraction of sp³-hybridized carbons (Fsp3) is 0.357. The van der Waals surface area contributed by atoms with Gasteiger partial charge in [0.25, 0.3) is 5.91 Å². The van der Waals surface area contributed by atoms with E-state index in [0.717, 1.165) is 17.0 Å². The molecule has 1 aromatic rings. The Bertz CT molecular complexity index is 592. The van der Waals surface area contributed by atoms with E-state index in [9.17, 15) is 23.2 Å². The molecule has 2 N–H and O–H groups in total. The molecule has 0 aliphatic heterocycles. The Kier molecular flexibility index (Phi) is 5.97. The second kappa shape index (κ2) is 7.48. The minimum absolute atomic E-state index is 0.0154. The van der Waals surface area contributed by atoms with Crippen molar-refractivity contribution in [1.29, 1.82) is 0 Å². The SMILES string of the molecule is CC(=O)NCCN(C(=O)c1ccc(F)cc1F)C(C)C(=O)O. The Morgan fingerprint density at radius 2 is 1.95 bits per heavy atom. The highest BCUT2D eigenvalue weighted by molar-refractivity contribution is 5.96.